The summed E-state index contributed by atoms with van der Waals surface area (Å²) in [5.41, 5.74) is 0.435. The van der Waals surface area contributed by atoms with E-state index in [0.29, 0.717) is 16.9 Å². The first-order chi connectivity index (χ1) is 12.0. The third-order valence-corrected chi connectivity index (χ3v) is 3.68. The molecule has 0 aliphatic heterocycles. The SMILES string of the molecule is CCOC(=O)c1cc(Oc2ccc(S)cc2)c2cc(C(=O)O)oc2c1. The van der Waals surface area contributed by atoms with Crippen LogP contribution in [-0.2, 0) is 4.74 Å². The highest BCUT2D eigenvalue weighted by molar-refractivity contribution is 7.80. The van der Waals surface area contributed by atoms with Gasteiger partial charge in [-0.3, -0.25) is 0 Å². The van der Waals surface area contributed by atoms with E-state index in [0.717, 1.165) is 4.90 Å². The Labute approximate surface area is 148 Å². The zero-order valence-corrected chi connectivity index (χ0v) is 14.1. The van der Waals surface area contributed by atoms with Crippen molar-refractivity contribution in [1.29, 1.82) is 0 Å². The van der Waals surface area contributed by atoms with Crippen LogP contribution in [0.3, 0.4) is 0 Å². The molecule has 0 bridgehead atoms. The topological polar surface area (TPSA) is 86.0 Å². The Morgan fingerprint density at radius 1 is 1.16 bits per heavy atom. The van der Waals surface area contributed by atoms with E-state index in [1.807, 2.05) is 0 Å². The maximum Gasteiger partial charge on any atom is 0.371 e. The number of hydrogen-bond donors (Lipinski definition) is 2. The number of furan rings is 1. The minimum atomic E-state index is -1.21. The fourth-order valence-corrected chi connectivity index (χ4v) is 2.42. The van der Waals surface area contributed by atoms with Crippen LogP contribution in [0.15, 0.2) is 51.8 Å². The van der Waals surface area contributed by atoms with Crippen molar-refractivity contribution in [3.05, 3.63) is 53.8 Å². The van der Waals surface area contributed by atoms with Crippen molar-refractivity contribution in [2.45, 2.75) is 11.8 Å². The highest BCUT2D eigenvalue weighted by Crippen LogP contribution is 2.34. The van der Waals surface area contributed by atoms with E-state index in [9.17, 15) is 9.59 Å². The van der Waals surface area contributed by atoms with E-state index in [2.05, 4.69) is 12.6 Å². The first-order valence-corrected chi connectivity index (χ1v) is 7.87. The molecule has 0 saturated carbocycles. The quantitative estimate of drug-likeness (QED) is 0.520. The smallest absolute Gasteiger partial charge is 0.371 e. The van der Waals surface area contributed by atoms with E-state index < -0.39 is 11.9 Å². The van der Waals surface area contributed by atoms with Crippen LogP contribution in [0.1, 0.15) is 27.8 Å². The zero-order valence-electron chi connectivity index (χ0n) is 13.2. The summed E-state index contributed by atoms with van der Waals surface area (Å²) >= 11 is 4.21. The summed E-state index contributed by atoms with van der Waals surface area (Å²) in [7, 11) is 0. The molecule has 2 aromatic carbocycles. The largest absolute Gasteiger partial charge is 0.475 e. The summed E-state index contributed by atoms with van der Waals surface area (Å²) in [6, 6.07) is 11.2. The maximum absolute atomic E-state index is 12.0. The number of carbonyl (C=O) groups is 2. The number of rotatable bonds is 5. The molecule has 3 rings (SSSR count). The van der Waals surface area contributed by atoms with Crippen molar-refractivity contribution in [1.82, 2.24) is 0 Å². The summed E-state index contributed by atoms with van der Waals surface area (Å²) in [4.78, 5) is 24.0. The standard InChI is InChI=1S/C18H14O6S/c1-2-22-18(21)10-7-14(23-11-3-5-12(25)6-4-11)13-9-16(17(19)20)24-15(13)8-10/h3-9,25H,2H2,1H3,(H,19,20). The maximum atomic E-state index is 12.0. The van der Waals surface area contributed by atoms with Crippen molar-refractivity contribution >= 4 is 35.5 Å². The third kappa shape index (κ3) is 3.61. The molecule has 0 unspecified atom stereocenters. The molecule has 3 aromatic rings. The number of fused-ring (bicyclic) bond motifs is 1. The lowest BCUT2D eigenvalue weighted by Gasteiger charge is -2.09. The normalized spacial score (nSPS) is 10.6. The van der Waals surface area contributed by atoms with Crippen LogP contribution < -0.4 is 4.74 Å². The number of aromatic carboxylic acids is 1. The highest BCUT2D eigenvalue weighted by Gasteiger charge is 2.18. The van der Waals surface area contributed by atoms with E-state index in [-0.39, 0.29) is 23.5 Å². The monoisotopic (exact) mass is 358 g/mol. The fraction of sp³-hybridized carbons (Fsp3) is 0.111. The van der Waals surface area contributed by atoms with Gasteiger partial charge in [0.15, 0.2) is 0 Å². The van der Waals surface area contributed by atoms with Crippen LogP contribution in [0.2, 0.25) is 0 Å². The van der Waals surface area contributed by atoms with Crippen LogP contribution >= 0.6 is 12.6 Å². The van der Waals surface area contributed by atoms with Crippen molar-refractivity contribution < 1.29 is 28.6 Å². The number of thiol groups is 1. The molecule has 1 aromatic heterocycles. The lowest BCUT2D eigenvalue weighted by Crippen LogP contribution is -2.04. The van der Waals surface area contributed by atoms with E-state index in [1.165, 1.54) is 18.2 Å². The lowest BCUT2D eigenvalue weighted by atomic mass is 10.1. The van der Waals surface area contributed by atoms with E-state index in [1.54, 1.807) is 31.2 Å². The Balaban J connectivity index is 2.10. The van der Waals surface area contributed by atoms with Gasteiger partial charge in [-0.25, -0.2) is 9.59 Å². The zero-order chi connectivity index (χ0) is 18.0. The van der Waals surface area contributed by atoms with Gasteiger partial charge in [0.25, 0.3) is 0 Å². The number of carboxylic acids is 1. The second-order valence-electron chi connectivity index (χ2n) is 5.12. The predicted octanol–water partition coefficient (Wildman–Crippen LogP) is 4.39. The average Bonchev–Trinajstić information content (AvgIpc) is 3.02. The van der Waals surface area contributed by atoms with Gasteiger partial charge in [-0.1, -0.05) is 0 Å². The van der Waals surface area contributed by atoms with Gasteiger partial charge in [-0.05, 0) is 43.3 Å². The van der Waals surface area contributed by atoms with Gasteiger partial charge in [-0.2, -0.15) is 0 Å². The van der Waals surface area contributed by atoms with Gasteiger partial charge in [-0.15, -0.1) is 12.6 Å². The molecule has 0 atom stereocenters. The Morgan fingerprint density at radius 2 is 1.88 bits per heavy atom. The summed E-state index contributed by atoms with van der Waals surface area (Å²) in [5.74, 6) is -1.19. The first kappa shape index (κ1) is 16.9. The molecule has 1 heterocycles. The van der Waals surface area contributed by atoms with Gasteiger partial charge in [0.2, 0.25) is 5.76 Å². The molecule has 1 N–H and O–H groups in total. The fourth-order valence-electron chi connectivity index (χ4n) is 2.27. The van der Waals surface area contributed by atoms with E-state index in [4.69, 9.17) is 19.0 Å². The first-order valence-electron chi connectivity index (χ1n) is 7.43. The number of carboxylic acid groups (broad SMARTS) is 1. The molecule has 7 heteroatoms. The number of ether oxygens (including phenoxy) is 2. The van der Waals surface area contributed by atoms with Crippen LogP contribution in [0.25, 0.3) is 11.0 Å². The minimum Gasteiger partial charge on any atom is -0.475 e. The Bertz CT molecular complexity index is 942. The minimum absolute atomic E-state index is 0.210. The predicted molar refractivity (Wildman–Crippen MR) is 92.9 cm³/mol. The lowest BCUT2D eigenvalue weighted by molar-refractivity contribution is 0.0525. The van der Waals surface area contributed by atoms with E-state index >= 15 is 0 Å². The van der Waals surface area contributed by atoms with Crippen LogP contribution in [0.5, 0.6) is 11.5 Å². The van der Waals surface area contributed by atoms with Crippen molar-refractivity contribution in [2.75, 3.05) is 6.61 Å². The molecule has 6 nitrogen and oxygen atoms in total. The number of esters is 1. The van der Waals surface area contributed by atoms with Gasteiger partial charge in [0, 0.05) is 11.0 Å². The summed E-state index contributed by atoms with van der Waals surface area (Å²) in [5, 5.41) is 9.57. The second-order valence-corrected chi connectivity index (χ2v) is 5.63. The Morgan fingerprint density at radius 3 is 2.52 bits per heavy atom. The Hall–Kier alpha value is -2.93. The van der Waals surface area contributed by atoms with Crippen molar-refractivity contribution in [2.24, 2.45) is 0 Å². The number of benzene rings is 2. The number of carbonyl (C=O) groups excluding carboxylic acids is 1. The molecular formula is C18H14O6S. The molecule has 128 valence electrons. The molecule has 0 fully saturated rings. The van der Waals surface area contributed by atoms with Gasteiger partial charge in [0.1, 0.15) is 17.1 Å². The molecule has 0 radical (unpaired) electrons. The summed E-state index contributed by atoms with van der Waals surface area (Å²) < 4.78 is 16.1. The summed E-state index contributed by atoms with van der Waals surface area (Å²) in [6.07, 6.45) is 0. The molecule has 0 spiro atoms. The van der Waals surface area contributed by atoms with Crippen LogP contribution in [0.4, 0.5) is 0 Å². The highest BCUT2D eigenvalue weighted by atomic mass is 32.1. The van der Waals surface area contributed by atoms with Crippen molar-refractivity contribution in [3.63, 3.8) is 0 Å². The van der Waals surface area contributed by atoms with Gasteiger partial charge < -0.3 is 19.0 Å². The Kier molecular flexibility index (Phi) is 4.67. The molecule has 0 saturated heterocycles. The molecule has 0 amide bonds. The second kappa shape index (κ2) is 6.90. The molecule has 0 aliphatic rings. The van der Waals surface area contributed by atoms with Crippen molar-refractivity contribution in [3.8, 4) is 11.5 Å². The van der Waals surface area contributed by atoms with Crippen LogP contribution in [0, 0.1) is 0 Å². The molecular weight excluding hydrogens is 344 g/mol. The van der Waals surface area contributed by atoms with Gasteiger partial charge >= 0.3 is 11.9 Å². The summed E-state index contributed by atoms with van der Waals surface area (Å²) in [6.45, 7) is 1.91. The third-order valence-electron chi connectivity index (χ3n) is 3.39. The molecule has 0 aliphatic carbocycles. The average molecular weight is 358 g/mol. The van der Waals surface area contributed by atoms with Gasteiger partial charge in [0.05, 0.1) is 17.6 Å². The van der Waals surface area contributed by atoms with Crippen LogP contribution in [-0.4, -0.2) is 23.7 Å². The molecule has 25 heavy (non-hydrogen) atoms. The number of hydrogen-bond acceptors (Lipinski definition) is 6.